The molecule has 1 aromatic carbocycles. The number of nitrogens with one attached hydrogen (secondary N) is 1. The molecule has 0 unspecified atom stereocenters. The highest BCUT2D eigenvalue weighted by Crippen LogP contribution is 2.28. The lowest BCUT2D eigenvalue weighted by Crippen LogP contribution is -2.39. The summed E-state index contributed by atoms with van der Waals surface area (Å²) in [5.74, 6) is 2.12. The van der Waals surface area contributed by atoms with E-state index in [1.807, 2.05) is 31.2 Å². The van der Waals surface area contributed by atoms with E-state index >= 15 is 0 Å². The number of ether oxygens (including phenoxy) is 1. The molecule has 134 valence electrons. The minimum Gasteiger partial charge on any atom is -0.493 e. The predicted octanol–water partition coefficient (Wildman–Crippen LogP) is 2.09. The number of para-hydroxylation sites is 1. The van der Waals surface area contributed by atoms with E-state index in [1.165, 1.54) is 0 Å². The van der Waals surface area contributed by atoms with Gasteiger partial charge in [0.15, 0.2) is 0 Å². The molecule has 1 aliphatic heterocycles. The molecule has 1 fully saturated rings. The number of carbonyl (C=O) groups is 1. The van der Waals surface area contributed by atoms with Crippen LogP contribution >= 0.6 is 0 Å². The van der Waals surface area contributed by atoms with Crippen LogP contribution in [0, 0.1) is 5.92 Å². The van der Waals surface area contributed by atoms with Crippen LogP contribution in [0.25, 0.3) is 11.4 Å². The summed E-state index contributed by atoms with van der Waals surface area (Å²) in [7, 11) is 1.69. The third-order valence-corrected chi connectivity index (χ3v) is 4.46. The minimum atomic E-state index is 0.109. The summed E-state index contributed by atoms with van der Waals surface area (Å²) in [5.41, 5.74) is 0.831. The van der Waals surface area contributed by atoms with Crippen molar-refractivity contribution in [2.75, 3.05) is 26.7 Å². The molecule has 0 saturated carbocycles. The van der Waals surface area contributed by atoms with E-state index in [0.29, 0.717) is 24.9 Å². The molecular formula is C18H24N4O3. The van der Waals surface area contributed by atoms with Gasteiger partial charge in [-0.05, 0) is 45.0 Å². The summed E-state index contributed by atoms with van der Waals surface area (Å²) < 4.78 is 11.0. The van der Waals surface area contributed by atoms with Crippen LogP contribution in [0.2, 0.25) is 0 Å². The third kappa shape index (κ3) is 4.17. The summed E-state index contributed by atoms with van der Waals surface area (Å²) >= 11 is 0. The van der Waals surface area contributed by atoms with Crippen LogP contribution in [0.3, 0.4) is 0 Å². The number of hydrogen-bond acceptors (Lipinski definition) is 6. The van der Waals surface area contributed by atoms with Crippen molar-refractivity contribution in [2.45, 2.75) is 26.3 Å². The second-order valence-electron chi connectivity index (χ2n) is 6.11. The van der Waals surface area contributed by atoms with Gasteiger partial charge in [0, 0.05) is 13.0 Å². The molecule has 1 saturated heterocycles. The Morgan fingerprint density at radius 3 is 2.84 bits per heavy atom. The summed E-state index contributed by atoms with van der Waals surface area (Å²) in [6.45, 7) is 4.84. The fourth-order valence-corrected chi connectivity index (χ4v) is 3.11. The molecule has 1 aromatic heterocycles. The first kappa shape index (κ1) is 17.4. The van der Waals surface area contributed by atoms with Crippen molar-refractivity contribution in [3.8, 4) is 17.1 Å². The molecule has 0 radical (unpaired) electrons. The number of rotatable bonds is 6. The normalized spacial score (nSPS) is 15.9. The summed E-state index contributed by atoms with van der Waals surface area (Å²) in [6, 6.07) is 7.68. The molecule has 7 heteroatoms. The summed E-state index contributed by atoms with van der Waals surface area (Å²) in [6.07, 6.45) is 1.71. The Balaban J connectivity index is 1.62. The van der Waals surface area contributed by atoms with Gasteiger partial charge in [-0.3, -0.25) is 9.69 Å². The van der Waals surface area contributed by atoms with Gasteiger partial charge in [0.1, 0.15) is 5.75 Å². The Labute approximate surface area is 147 Å². The van der Waals surface area contributed by atoms with E-state index in [4.69, 9.17) is 9.26 Å². The first-order chi connectivity index (χ1) is 12.2. The van der Waals surface area contributed by atoms with E-state index in [9.17, 15) is 4.79 Å². The average Bonchev–Trinajstić information content (AvgIpc) is 3.11. The lowest BCUT2D eigenvalue weighted by Gasteiger charge is -2.29. The predicted molar refractivity (Wildman–Crippen MR) is 93.0 cm³/mol. The van der Waals surface area contributed by atoms with Crippen LogP contribution < -0.4 is 10.1 Å². The zero-order valence-corrected chi connectivity index (χ0v) is 14.7. The van der Waals surface area contributed by atoms with Crippen LogP contribution in [0.4, 0.5) is 0 Å². The van der Waals surface area contributed by atoms with E-state index in [0.717, 1.165) is 37.2 Å². The molecule has 2 aromatic rings. The van der Waals surface area contributed by atoms with Crippen molar-refractivity contribution in [2.24, 2.45) is 5.92 Å². The zero-order chi connectivity index (χ0) is 17.6. The molecule has 0 spiro atoms. The average molecular weight is 344 g/mol. The Morgan fingerprint density at radius 2 is 2.12 bits per heavy atom. The zero-order valence-electron chi connectivity index (χ0n) is 14.7. The lowest BCUT2D eigenvalue weighted by molar-refractivity contribution is -0.125. The number of aromatic nitrogens is 2. The van der Waals surface area contributed by atoms with Crippen LogP contribution in [-0.2, 0) is 11.3 Å². The van der Waals surface area contributed by atoms with E-state index in [1.54, 1.807) is 7.05 Å². The lowest BCUT2D eigenvalue weighted by atomic mass is 9.96. The van der Waals surface area contributed by atoms with Crippen molar-refractivity contribution in [3.05, 3.63) is 30.2 Å². The molecule has 0 aliphatic carbocycles. The Morgan fingerprint density at radius 1 is 1.36 bits per heavy atom. The van der Waals surface area contributed by atoms with Gasteiger partial charge in [-0.1, -0.05) is 17.3 Å². The first-order valence-electron chi connectivity index (χ1n) is 8.70. The fourth-order valence-electron chi connectivity index (χ4n) is 3.11. The summed E-state index contributed by atoms with van der Waals surface area (Å²) in [5, 5.41) is 6.82. The molecule has 3 rings (SSSR count). The standard InChI is InChI=1S/C18H24N4O3/c1-3-24-15-7-5-4-6-14(15)17-20-16(25-21-17)12-22-10-8-13(9-11-22)18(23)19-2/h4-7,13H,3,8-12H2,1-2H3,(H,19,23). The second kappa shape index (κ2) is 8.11. The van der Waals surface area contributed by atoms with Gasteiger partial charge in [0.25, 0.3) is 0 Å². The molecule has 1 N–H and O–H groups in total. The minimum absolute atomic E-state index is 0.109. The highest BCUT2D eigenvalue weighted by Gasteiger charge is 2.25. The fraction of sp³-hybridized carbons (Fsp3) is 0.500. The van der Waals surface area contributed by atoms with Gasteiger partial charge in [0.2, 0.25) is 17.6 Å². The Bertz CT molecular complexity index is 708. The van der Waals surface area contributed by atoms with Crippen LogP contribution in [0.5, 0.6) is 5.75 Å². The van der Waals surface area contributed by atoms with Gasteiger partial charge in [-0.15, -0.1) is 0 Å². The number of likely N-dealkylation sites (tertiary alicyclic amines) is 1. The van der Waals surface area contributed by atoms with Crippen LogP contribution in [0.15, 0.2) is 28.8 Å². The Hall–Kier alpha value is -2.41. The molecule has 7 nitrogen and oxygen atoms in total. The topological polar surface area (TPSA) is 80.5 Å². The summed E-state index contributed by atoms with van der Waals surface area (Å²) in [4.78, 5) is 18.4. The molecule has 2 heterocycles. The van der Waals surface area contributed by atoms with Gasteiger partial charge in [-0.2, -0.15) is 4.98 Å². The van der Waals surface area contributed by atoms with Crippen LogP contribution in [-0.4, -0.2) is 47.7 Å². The number of amides is 1. The van der Waals surface area contributed by atoms with Crippen molar-refractivity contribution >= 4 is 5.91 Å². The van der Waals surface area contributed by atoms with E-state index < -0.39 is 0 Å². The maximum atomic E-state index is 11.7. The maximum Gasteiger partial charge on any atom is 0.241 e. The highest BCUT2D eigenvalue weighted by atomic mass is 16.5. The Kier molecular flexibility index (Phi) is 5.65. The highest BCUT2D eigenvalue weighted by molar-refractivity contribution is 5.78. The molecular weight excluding hydrogens is 320 g/mol. The van der Waals surface area contributed by atoms with Crippen molar-refractivity contribution in [3.63, 3.8) is 0 Å². The van der Waals surface area contributed by atoms with E-state index in [-0.39, 0.29) is 11.8 Å². The monoisotopic (exact) mass is 344 g/mol. The van der Waals surface area contributed by atoms with Crippen molar-refractivity contribution < 1.29 is 14.1 Å². The quantitative estimate of drug-likeness (QED) is 0.864. The number of hydrogen-bond donors (Lipinski definition) is 1. The molecule has 25 heavy (non-hydrogen) atoms. The SMILES string of the molecule is CCOc1ccccc1-c1noc(CN2CCC(C(=O)NC)CC2)n1. The number of benzene rings is 1. The second-order valence-corrected chi connectivity index (χ2v) is 6.11. The van der Waals surface area contributed by atoms with E-state index in [2.05, 4.69) is 20.4 Å². The molecule has 0 atom stereocenters. The maximum absolute atomic E-state index is 11.7. The van der Waals surface area contributed by atoms with Gasteiger partial charge < -0.3 is 14.6 Å². The van der Waals surface area contributed by atoms with Gasteiger partial charge in [-0.25, -0.2) is 0 Å². The smallest absolute Gasteiger partial charge is 0.241 e. The number of piperidine rings is 1. The van der Waals surface area contributed by atoms with Crippen molar-refractivity contribution in [1.29, 1.82) is 0 Å². The van der Waals surface area contributed by atoms with Gasteiger partial charge in [0.05, 0.1) is 18.7 Å². The number of nitrogens with zero attached hydrogens (tertiary/aromatic N) is 3. The van der Waals surface area contributed by atoms with Gasteiger partial charge >= 0.3 is 0 Å². The first-order valence-corrected chi connectivity index (χ1v) is 8.70. The largest absolute Gasteiger partial charge is 0.493 e. The third-order valence-electron chi connectivity index (χ3n) is 4.46. The number of carbonyl (C=O) groups excluding carboxylic acids is 1. The molecule has 1 amide bonds. The molecule has 0 bridgehead atoms. The van der Waals surface area contributed by atoms with Crippen LogP contribution in [0.1, 0.15) is 25.7 Å². The molecule has 1 aliphatic rings. The van der Waals surface area contributed by atoms with Crippen molar-refractivity contribution in [1.82, 2.24) is 20.4 Å².